The first-order valence-electron chi connectivity index (χ1n) is 26.8. The van der Waals surface area contributed by atoms with E-state index in [4.69, 9.17) is 0 Å². The fourth-order valence-electron chi connectivity index (χ4n) is 12.2. The maximum atomic E-state index is 2.61. The van der Waals surface area contributed by atoms with Gasteiger partial charge in [-0.25, -0.2) is 0 Å². The van der Waals surface area contributed by atoms with Crippen molar-refractivity contribution in [3.8, 4) is 32.9 Å². The normalized spacial score (nSPS) is 12.1. The molecule has 0 radical (unpaired) electrons. The molecule has 0 bridgehead atoms. The number of nitrogens with zero attached hydrogens (tertiary/aromatic N) is 2. The van der Waals surface area contributed by atoms with E-state index in [1.54, 1.807) is 0 Å². The molecule has 2 nitrogen and oxygen atoms in total. The molecule has 2 atom stereocenters. The van der Waals surface area contributed by atoms with Gasteiger partial charge in [-0.15, -0.1) is 0 Å². The summed E-state index contributed by atoms with van der Waals surface area (Å²) < 4.78 is 0. The third-order valence-corrected chi connectivity index (χ3v) is 20.7. The minimum Gasteiger partial charge on any atom is -0.311 e. The second-order valence-corrected chi connectivity index (χ2v) is 24.4. The van der Waals surface area contributed by atoms with E-state index >= 15 is 0 Å². The number of para-hydroxylation sites is 4. The lowest BCUT2D eigenvalue weighted by Gasteiger charge is -2.26. The van der Waals surface area contributed by atoms with Gasteiger partial charge in [-0.1, -0.05) is 221 Å². The SMILES string of the molecule is c1ccc(N(c2ccccc2)c2ccc(-c3c4cc5c6ccccc6p(-c6ccccc6)c5cc4c(-c4ccc(N(c5ccccc5)c5ccccc5)cc4)c4cc5c6ccccc6p(-c6ccccc6)c5cc34)cc2)cc1. The molecule has 2 unspecified atom stereocenters. The van der Waals surface area contributed by atoms with Gasteiger partial charge in [0.2, 0.25) is 0 Å². The van der Waals surface area contributed by atoms with Gasteiger partial charge in [-0.05, 0) is 173 Å². The number of fused-ring (bicyclic) bond motifs is 8. The summed E-state index contributed by atoms with van der Waals surface area (Å²) in [5.74, 6) is 0. The Morgan fingerprint density at radius 3 is 0.795 bits per heavy atom. The van der Waals surface area contributed by atoms with Crippen LogP contribution in [0.15, 0.2) is 303 Å². The zero-order valence-corrected chi connectivity index (χ0v) is 44.4. The number of hydrogen-bond acceptors (Lipinski definition) is 2. The molecule has 78 heavy (non-hydrogen) atoms. The zero-order valence-electron chi connectivity index (χ0n) is 42.7. The molecule has 2 heterocycles. The number of rotatable bonds is 10. The van der Waals surface area contributed by atoms with E-state index in [0.29, 0.717) is 0 Å². The Kier molecular flexibility index (Phi) is 11.4. The van der Waals surface area contributed by atoms with E-state index in [-0.39, 0.29) is 0 Å². The average molecular weight is 1030 g/mol. The molecular weight excluding hydrogens is 979 g/mol. The van der Waals surface area contributed by atoms with Crippen molar-refractivity contribution >= 4 is 113 Å². The van der Waals surface area contributed by atoms with Crippen LogP contribution in [-0.2, 0) is 0 Å². The molecule has 0 amide bonds. The first-order chi connectivity index (χ1) is 38.7. The second-order valence-electron chi connectivity index (χ2n) is 20.1. The quantitative estimate of drug-likeness (QED) is 0.126. The van der Waals surface area contributed by atoms with Crippen LogP contribution in [0.3, 0.4) is 0 Å². The van der Waals surface area contributed by atoms with E-state index < -0.39 is 15.1 Å². The van der Waals surface area contributed by atoms with Gasteiger partial charge in [-0.2, -0.15) is 0 Å². The van der Waals surface area contributed by atoms with E-state index in [1.165, 1.54) is 96.4 Å². The predicted octanol–water partition coefficient (Wildman–Crippen LogP) is 22.8. The fourth-order valence-corrected chi connectivity index (χ4v) is 17.5. The van der Waals surface area contributed by atoms with Crippen LogP contribution >= 0.6 is 15.1 Å². The number of benzene rings is 13. The fraction of sp³-hybridized carbons (Fsp3) is 0. The van der Waals surface area contributed by atoms with Crippen LogP contribution in [0.4, 0.5) is 34.1 Å². The van der Waals surface area contributed by atoms with Crippen molar-refractivity contribution in [1.29, 1.82) is 0 Å². The monoisotopic (exact) mass is 1030 g/mol. The van der Waals surface area contributed by atoms with Crippen LogP contribution in [-0.4, -0.2) is 0 Å². The van der Waals surface area contributed by atoms with Crippen LogP contribution in [0.2, 0.25) is 0 Å². The van der Waals surface area contributed by atoms with Gasteiger partial charge in [0.15, 0.2) is 0 Å². The van der Waals surface area contributed by atoms with Gasteiger partial charge in [0.1, 0.15) is 0 Å². The van der Waals surface area contributed by atoms with Gasteiger partial charge in [0, 0.05) is 54.6 Å². The highest BCUT2D eigenvalue weighted by molar-refractivity contribution is 7.68. The van der Waals surface area contributed by atoms with Crippen molar-refractivity contribution in [2.75, 3.05) is 9.80 Å². The Morgan fingerprint density at radius 2 is 0.462 bits per heavy atom. The van der Waals surface area contributed by atoms with Crippen LogP contribution in [0, 0.1) is 0 Å². The van der Waals surface area contributed by atoms with Crippen LogP contribution in [0.1, 0.15) is 0 Å². The third kappa shape index (κ3) is 7.72. The second kappa shape index (κ2) is 19.3. The molecule has 4 heteroatoms. The summed E-state index contributed by atoms with van der Waals surface area (Å²) >= 11 is 0. The third-order valence-electron chi connectivity index (χ3n) is 15.6. The molecule has 366 valence electrons. The topological polar surface area (TPSA) is 6.48 Å². The molecule has 0 aliphatic heterocycles. The van der Waals surface area contributed by atoms with E-state index in [2.05, 4.69) is 313 Å². The van der Waals surface area contributed by atoms with Crippen molar-refractivity contribution in [3.63, 3.8) is 0 Å². The average Bonchev–Trinajstić information content (AvgIpc) is 4.15. The molecule has 2 aromatic heterocycles. The Morgan fingerprint density at radius 1 is 0.192 bits per heavy atom. The minimum absolute atomic E-state index is 0.835. The van der Waals surface area contributed by atoms with Crippen molar-refractivity contribution < 1.29 is 0 Å². The Labute approximate surface area is 456 Å². The molecule has 0 fully saturated rings. The van der Waals surface area contributed by atoms with Gasteiger partial charge in [-0.3, -0.25) is 0 Å². The van der Waals surface area contributed by atoms with Crippen LogP contribution in [0.25, 0.3) is 96.4 Å². The summed E-state index contributed by atoms with van der Waals surface area (Å²) in [6.07, 6.45) is 0. The molecule has 13 aromatic carbocycles. The molecule has 15 rings (SSSR count). The van der Waals surface area contributed by atoms with Crippen LogP contribution in [0.5, 0.6) is 0 Å². The molecule has 0 spiro atoms. The first kappa shape index (κ1) is 45.9. The first-order valence-corrected chi connectivity index (χ1v) is 29.4. The molecule has 0 aliphatic rings. The van der Waals surface area contributed by atoms with Crippen molar-refractivity contribution in [2.24, 2.45) is 0 Å². The molecule has 0 aliphatic carbocycles. The Balaban J connectivity index is 1.07. The molecule has 15 aromatic rings. The zero-order chi connectivity index (χ0) is 51.5. The Hall–Kier alpha value is -9.42. The standard InChI is InChI=1S/C74H50N2P2/c1-7-23-53(24-8-1)75(54-25-9-2-10-26-54)57-43-39-51(40-44-57)73-65-47-63-61-35-19-21-37-69(61)78(60-33-17-6-18-34-60)72(63)50-68(65)74(52-41-45-58(46-42-52)76(55-27-11-3-12-28-55)56-29-13-4-14-30-56)66-48-64-62-36-20-22-38-70(62)77(71(64)49-67(66)73)59-31-15-5-16-32-59/h1-50H. The van der Waals surface area contributed by atoms with Crippen molar-refractivity contribution in [3.05, 3.63) is 303 Å². The highest BCUT2D eigenvalue weighted by Gasteiger charge is 2.25. The summed E-state index contributed by atoms with van der Waals surface area (Å²) in [6.45, 7) is 0. The van der Waals surface area contributed by atoms with Gasteiger partial charge in [0.25, 0.3) is 0 Å². The Bertz CT molecular complexity index is 4290. The largest absolute Gasteiger partial charge is 0.311 e. The number of hydrogen-bond donors (Lipinski definition) is 0. The minimum atomic E-state index is -0.835. The lowest BCUT2D eigenvalue weighted by atomic mass is 9.84. The molecule has 0 saturated heterocycles. The molecule has 0 N–H and O–H groups in total. The van der Waals surface area contributed by atoms with Gasteiger partial charge in [0.05, 0.1) is 0 Å². The van der Waals surface area contributed by atoms with Crippen molar-refractivity contribution in [2.45, 2.75) is 0 Å². The molecule has 0 saturated carbocycles. The lowest BCUT2D eigenvalue weighted by molar-refractivity contribution is 1.28. The van der Waals surface area contributed by atoms with Gasteiger partial charge >= 0.3 is 0 Å². The summed E-state index contributed by atoms with van der Waals surface area (Å²) in [5, 5.41) is 18.7. The highest BCUT2D eigenvalue weighted by Crippen LogP contribution is 2.60. The maximum absolute atomic E-state index is 2.61. The van der Waals surface area contributed by atoms with Gasteiger partial charge < -0.3 is 9.80 Å². The lowest BCUT2D eigenvalue weighted by Crippen LogP contribution is -2.09. The summed E-state index contributed by atoms with van der Waals surface area (Å²) in [6, 6.07) is 113. The highest BCUT2D eigenvalue weighted by atomic mass is 31.1. The van der Waals surface area contributed by atoms with Crippen molar-refractivity contribution in [1.82, 2.24) is 0 Å². The predicted molar refractivity (Wildman–Crippen MR) is 340 cm³/mol. The smallest absolute Gasteiger partial charge is 0.0462 e. The van der Waals surface area contributed by atoms with E-state index in [9.17, 15) is 0 Å². The number of anilines is 6. The molecular formula is C74H50N2P2. The summed E-state index contributed by atoms with van der Waals surface area (Å²) in [4.78, 5) is 4.71. The van der Waals surface area contributed by atoms with E-state index in [1.807, 2.05) is 0 Å². The maximum Gasteiger partial charge on any atom is 0.0462 e. The summed E-state index contributed by atoms with van der Waals surface area (Å²) in [7, 11) is -1.67. The summed E-state index contributed by atoms with van der Waals surface area (Å²) in [5.41, 5.74) is 11.6. The van der Waals surface area contributed by atoms with Crippen LogP contribution < -0.4 is 9.80 Å². The van der Waals surface area contributed by atoms with E-state index in [0.717, 1.165) is 34.1 Å².